The molecule has 1 heterocycles. The summed E-state index contributed by atoms with van der Waals surface area (Å²) in [6, 6.07) is 0. The largest absolute Gasteiger partial charge is 0.453 e. The number of nitrogens with one attached hydrogen (secondary N) is 1. The Morgan fingerprint density at radius 1 is 1.27 bits per heavy atom. The van der Waals surface area contributed by atoms with Crippen LogP contribution in [0.25, 0.3) is 0 Å². The van der Waals surface area contributed by atoms with Crippen molar-refractivity contribution in [3.05, 3.63) is 23.8 Å². The number of carbonyl (C=O) groups is 3. The van der Waals surface area contributed by atoms with Gasteiger partial charge in [0.25, 0.3) is 0 Å². The number of methoxy groups -OCH3 is 1. The van der Waals surface area contributed by atoms with Gasteiger partial charge in [-0.25, -0.2) is 13.6 Å². The van der Waals surface area contributed by atoms with Crippen molar-refractivity contribution in [3.8, 4) is 0 Å². The number of Topliss-reactive ketones (excluding diaryl/α,β-unsaturated/α-hetero) is 1. The van der Waals surface area contributed by atoms with Crippen molar-refractivity contribution in [2.75, 3.05) is 13.7 Å². The molecule has 1 unspecified atom stereocenters. The number of ketones is 2. The fraction of sp³-hybridized carbons (Fsp3) is 0.741. The Balaban J connectivity index is 1.58. The molecule has 0 aromatic carbocycles. The lowest BCUT2D eigenvalue weighted by Crippen LogP contribution is -2.71. The van der Waals surface area contributed by atoms with Crippen LogP contribution in [-0.4, -0.2) is 72.4 Å². The summed E-state index contributed by atoms with van der Waals surface area (Å²) in [5.41, 5.74) is -6.39. The number of hydrogen-bond donors (Lipinski definition) is 2. The number of hydrogen-bond acceptors (Lipinski definition) is 7. The highest BCUT2D eigenvalue weighted by molar-refractivity contribution is 6.01. The minimum absolute atomic E-state index is 0.0446. The fourth-order valence-electron chi connectivity index (χ4n) is 8.24. The summed E-state index contributed by atoms with van der Waals surface area (Å²) in [6.45, 7) is 4.89. The van der Waals surface area contributed by atoms with Crippen LogP contribution >= 0.6 is 0 Å². The van der Waals surface area contributed by atoms with E-state index in [9.17, 15) is 19.5 Å². The molecule has 0 aromatic heterocycles. The molecule has 3 saturated carbocycles. The molecule has 4 aliphatic carbocycles. The lowest BCUT2D eigenvalue weighted by atomic mass is 9.44. The van der Waals surface area contributed by atoms with Gasteiger partial charge in [-0.1, -0.05) is 26.3 Å². The third-order valence-electron chi connectivity index (χ3n) is 9.94. The average Bonchev–Trinajstić information content (AvgIpc) is 3.33. The first kappa shape index (κ1) is 26.4. The van der Waals surface area contributed by atoms with E-state index in [1.54, 1.807) is 6.92 Å². The van der Waals surface area contributed by atoms with Crippen LogP contribution in [0.3, 0.4) is 0 Å². The maximum atomic E-state index is 17.4. The Hall–Kier alpha value is -2.17. The molecule has 10 atom stereocenters. The second kappa shape index (κ2) is 8.68. The molecule has 5 rings (SSSR count). The molecule has 0 bridgehead atoms. The first-order valence-electron chi connectivity index (χ1n) is 13.0. The van der Waals surface area contributed by atoms with E-state index in [4.69, 9.17) is 9.47 Å². The quantitative estimate of drug-likeness (QED) is 0.570. The molecule has 0 aromatic rings. The molecule has 204 valence electrons. The van der Waals surface area contributed by atoms with E-state index >= 15 is 8.78 Å². The van der Waals surface area contributed by atoms with Gasteiger partial charge in [-0.15, -0.1) is 0 Å². The van der Waals surface area contributed by atoms with Crippen molar-refractivity contribution < 1.29 is 42.5 Å². The normalized spacial score (nSPS) is 47.9. The topological polar surface area (TPSA) is 111 Å². The second-order valence-electron chi connectivity index (χ2n) is 11.6. The number of alkyl carbamates (subject to hydrolysis) is 1. The number of aliphatic hydroxyl groups is 1. The smallest absolute Gasteiger partial charge is 0.407 e. The SMILES string of the molecule is CCCC1O[C@@H]2C[C@H]3[C@@H]4C[C@H](F)C5=CC(=O)C=C[C@]5(C)[C@@]4(F)[C@@H](O)C[C@]3(C)[C@]2(C(=O)CNC(=O)OC)O1. The van der Waals surface area contributed by atoms with Gasteiger partial charge in [0.05, 0.1) is 25.9 Å². The summed E-state index contributed by atoms with van der Waals surface area (Å²) in [5, 5.41) is 13.9. The van der Waals surface area contributed by atoms with E-state index in [2.05, 4.69) is 10.1 Å². The summed E-state index contributed by atoms with van der Waals surface area (Å²) >= 11 is 0. The highest BCUT2D eigenvalue weighted by Crippen LogP contribution is 2.72. The Morgan fingerprint density at radius 3 is 2.68 bits per heavy atom. The Labute approximate surface area is 214 Å². The minimum atomic E-state index is -2.27. The first-order chi connectivity index (χ1) is 17.4. The van der Waals surface area contributed by atoms with E-state index in [1.165, 1.54) is 26.2 Å². The Morgan fingerprint density at radius 2 is 2.00 bits per heavy atom. The van der Waals surface area contributed by atoms with Gasteiger partial charge in [0.1, 0.15) is 6.17 Å². The average molecular weight is 524 g/mol. The number of carbonyl (C=O) groups excluding carboxylic acids is 3. The number of aliphatic hydroxyl groups excluding tert-OH is 1. The van der Waals surface area contributed by atoms with Gasteiger partial charge in [0.15, 0.2) is 29.1 Å². The van der Waals surface area contributed by atoms with Crippen molar-refractivity contribution in [2.24, 2.45) is 22.7 Å². The van der Waals surface area contributed by atoms with Crippen molar-refractivity contribution in [3.63, 3.8) is 0 Å². The summed E-state index contributed by atoms with van der Waals surface area (Å²) < 4.78 is 50.2. The van der Waals surface area contributed by atoms with Gasteiger partial charge in [-0.2, -0.15) is 0 Å². The number of fused-ring (bicyclic) bond motifs is 7. The zero-order chi connectivity index (χ0) is 27.0. The van der Waals surface area contributed by atoms with Gasteiger partial charge < -0.3 is 24.6 Å². The minimum Gasteiger partial charge on any atom is -0.453 e. The number of amides is 1. The van der Waals surface area contributed by atoms with E-state index in [-0.39, 0.29) is 24.8 Å². The summed E-state index contributed by atoms with van der Waals surface area (Å²) in [6.07, 6.45) is -0.409. The molecule has 2 N–H and O–H groups in total. The Kier molecular flexibility index (Phi) is 6.20. The molecule has 10 heteroatoms. The van der Waals surface area contributed by atoms with Crippen LogP contribution in [0.2, 0.25) is 0 Å². The van der Waals surface area contributed by atoms with Gasteiger partial charge in [-0.05, 0) is 56.3 Å². The lowest BCUT2D eigenvalue weighted by molar-refractivity contribution is -0.233. The molecular weight excluding hydrogens is 488 g/mol. The van der Waals surface area contributed by atoms with Gasteiger partial charge >= 0.3 is 6.09 Å². The van der Waals surface area contributed by atoms with E-state index in [1.807, 2.05) is 6.92 Å². The lowest BCUT2D eigenvalue weighted by Gasteiger charge is -2.63. The molecule has 5 aliphatic rings. The van der Waals surface area contributed by atoms with E-state index in [0.29, 0.717) is 6.42 Å². The zero-order valence-electron chi connectivity index (χ0n) is 21.6. The third kappa shape index (κ3) is 3.31. The number of rotatable bonds is 5. The van der Waals surface area contributed by atoms with Crippen molar-refractivity contribution in [1.29, 1.82) is 0 Å². The second-order valence-corrected chi connectivity index (χ2v) is 11.6. The molecule has 0 radical (unpaired) electrons. The summed E-state index contributed by atoms with van der Waals surface area (Å²) in [5.74, 6) is -2.38. The standard InChI is InChI=1S/C27H35F2NO7/c1-5-6-22-36-21-11-15-16-10-18(28)17-9-14(31)7-8-24(17,2)26(16,29)19(32)12-25(15,3)27(21,37-22)20(33)13-30-23(34)35-4/h7-9,15-16,18-19,21-22,32H,5-6,10-13H2,1-4H3,(H,30,34)/t15-,16-,18-,19-,21+,22?,24-,25-,26-,27+/m0/s1. The molecule has 0 spiro atoms. The van der Waals surface area contributed by atoms with Crippen LogP contribution in [0.4, 0.5) is 13.6 Å². The highest BCUT2D eigenvalue weighted by atomic mass is 19.1. The molecule has 4 fully saturated rings. The van der Waals surface area contributed by atoms with Crippen LogP contribution in [0.1, 0.15) is 52.9 Å². The van der Waals surface area contributed by atoms with Gasteiger partial charge in [-0.3, -0.25) is 9.59 Å². The van der Waals surface area contributed by atoms with Crippen LogP contribution in [0.15, 0.2) is 23.8 Å². The molecule has 1 saturated heterocycles. The van der Waals surface area contributed by atoms with Gasteiger partial charge in [0.2, 0.25) is 0 Å². The van der Waals surface area contributed by atoms with Crippen molar-refractivity contribution in [2.45, 2.75) is 88.8 Å². The monoisotopic (exact) mass is 523 g/mol. The number of halogens is 2. The predicted octanol–water partition coefficient (Wildman–Crippen LogP) is 3.12. The van der Waals surface area contributed by atoms with Crippen molar-refractivity contribution in [1.82, 2.24) is 5.32 Å². The molecule has 1 aliphatic heterocycles. The third-order valence-corrected chi connectivity index (χ3v) is 9.94. The molecule has 37 heavy (non-hydrogen) atoms. The fourth-order valence-corrected chi connectivity index (χ4v) is 8.24. The van der Waals surface area contributed by atoms with Crippen LogP contribution in [0.5, 0.6) is 0 Å². The molecule has 1 amide bonds. The molecule has 8 nitrogen and oxygen atoms in total. The van der Waals surface area contributed by atoms with E-state index in [0.717, 1.165) is 12.5 Å². The van der Waals surface area contributed by atoms with Gasteiger partial charge in [0, 0.05) is 16.7 Å². The van der Waals surface area contributed by atoms with Crippen molar-refractivity contribution >= 4 is 17.7 Å². The number of ether oxygens (including phenoxy) is 3. The van der Waals surface area contributed by atoms with E-state index < -0.39 is 82.8 Å². The number of alkyl halides is 2. The summed E-state index contributed by atoms with van der Waals surface area (Å²) in [4.78, 5) is 37.6. The van der Waals surface area contributed by atoms with Crippen LogP contribution in [-0.2, 0) is 23.8 Å². The van der Waals surface area contributed by atoms with Crippen LogP contribution < -0.4 is 5.32 Å². The molecular formula is C27H35F2NO7. The first-order valence-corrected chi connectivity index (χ1v) is 13.0. The van der Waals surface area contributed by atoms with Crippen LogP contribution in [0, 0.1) is 22.7 Å². The predicted molar refractivity (Wildman–Crippen MR) is 127 cm³/mol. The highest BCUT2D eigenvalue weighted by Gasteiger charge is 2.79. The Bertz CT molecular complexity index is 1080. The maximum absolute atomic E-state index is 17.4. The summed E-state index contributed by atoms with van der Waals surface area (Å²) in [7, 11) is 1.19. The number of allylic oxidation sites excluding steroid dienone is 4. The zero-order valence-corrected chi connectivity index (χ0v) is 21.6. The maximum Gasteiger partial charge on any atom is 0.407 e.